The Hall–Kier alpha value is -1.55. The molecule has 2 aromatic carbocycles. The van der Waals surface area contributed by atoms with Gasteiger partial charge in [-0.1, -0.05) is 22.0 Å². The summed E-state index contributed by atoms with van der Waals surface area (Å²) in [5.74, 6) is -2.66. The average molecular weight is 311 g/mol. The highest BCUT2D eigenvalue weighted by atomic mass is 79.9. The molecule has 2 rings (SSSR count). The van der Waals surface area contributed by atoms with Crippen molar-refractivity contribution in [1.82, 2.24) is 0 Å². The van der Waals surface area contributed by atoms with Crippen molar-refractivity contribution in [1.29, 1.82) is 0 Å². The molecule has 0 fully saturated rings. The Balaban J connectivity index is 2.51. The van der Waals surface area contributed by atoms with Crippen LogP contribution in [0.4, 0.5) is 8.78 Å². The van der Waals surface area contributed by atoms with Crippen LogP contribution in [0.3, 0.4) is 0 Å². The quantitative estimate of drug-likeness (QED) is 0.757. The first-order valence-electron chi connectivity index (χ1n) is 5.25. The van der Waals surface area contributed by atoms with Crippen LogP contribution in [-0.4, -0.2) is 5.78 Å². The van der Waals surface area contributed by atoms with Gasteiger partial charge in [0.05, 0.1) is 5.56 Å². The normalized spacial score (nSPS) is 10.4. The molecule has 0 bridgehead atoms. The summed E-state index contributed by atoms with van der Waals surface area (Å²) in [5.41, 5.74) is 0.934. The molecule has 0 atom stereocenters. The molecule has 0 unspecified atom stereocenters. The van der Waals surface area contributed by atoms with Gasteiger partial charge in [-0.2, -0.15) is 0 Å². The van der Waals surface area contributed by atoms with E-state index in [2.05, 4.69) is 15.9 Å². The summed E-state index contributed by atoms with van der Waals surface area (Å²) in [6.07, 6.45) is 0. The molecule has 1 nitrogen and oxygen atoms in total. The lowest BCUT2D eigenvalue weighted by Gasteiger charge is -2.05. The minimum atomic E-state index is -1.11. The summed E-state index contributed by atoms with van der Waals surface area (Å²) in [7, 11) is 0. The first-order chi connectivity index (χ1) is 8.49. The molecule has 0 saturated carbocycles. The number of carbonyl (C=O) groups excluding carboxylic acids is 1. The smallest absolute Gasteiger partial charge is 0.196 e. The monoisotopic (exact) mass is 310 g/mol. The van der Waals surface area contributed by atoms with Crippen molar-refractivity contribution in [3.8, 4) is 0 Å². The van der Waals surface area contributed by atoms with E-state index >= 15 is 0 Å². The van der Waals surface area contributed by atoms with Crippen LogP contribution in [0.1, 0.15) is 21.5 Å². The fourth-order valence-electron chi connectivity index (χ4n) is 1.70. The predicted octanol–water partition coefficient (Wildman–Crippen LogP) is 4.27. The molecule has 4 heteroatoms. The van der Waals surface area contributed by atoms with Crippen molar-refractivity contribution in [2.24, 2.45) is 0 Å². The minimum Gasteiger partial charge on any atom is -0.288 e. The molecular formula is C14H9BrF2O. The molecule has 0 radical (unpaired) electrons. The zero-order valence-corrected chi connectivity index (χ0v) is 11.1. The maximum Gasteiger partial charge on any atom is 0.196 e. The van der Waals surface area contributed by atoms with Crippen molar-refractivity contribution in [3.05, 3.63) is 69.2 Å². The Morgan fingerprint density at radius 1 is 1.17 bits per heavy atom. The van der Waals surface area contributed by atoms with Crippen molar-refractivity contribution in [2.45, 2.75) is 6.92 Å². The standard InChI is InChI=1S/C14H9BrF2O/c1-8-5-9(7-10(15)6-8)14(18)11-3-2-4-12(16)13(11)17/h2-7H,1H3. The molecule has 92 valence electrons. The van der Waals surface area contributed by atoms with Gasteiger partial charge >= 0.3 is 0 Å². The highest BCUT2D eigenvalue weighted by Gasteiger charge is 2.17. The fourth-order valence-corrected chi connectivity index (χ4v) is 2.31. The predicted molar refractivity (Wildman–Crippen MR) is 68.7 cm³/mol. The molecule has 0 saturated heterocycles. The van der Waals surface area contributed by atoms with E-state index in [4.69, 9.17) is 0 Å². The third kappa shape index (κ3) is 2.48. The number of rotatable bonds is 2. The van der Waals surface area contributed by atoms with Crippen LogP contribution in [0, 0.1) is 18.6 Å². The molecular weight excluding hydrogens is 302 g/mol. The van der Waals surface area contributed by atoms with Gasteiger partial charge in [0, 0.05) is 10.0 Å². The molecule has 0 aliphatic heterocycles. The summed E-state index contributed by atoms with van der Waals surface area (Å²) < 4.78 is 27.3. The average Bonchev–Trinajstić information content (AvgIpc) is 2.30. The zero-order chi connectivity index (χ0) is 13.3. The summed E-state index contributed by atoms with van der Waals surface area (Å²) in [4.78, 5) is 12.1. The van der Waals surface area contributed by atoms with Crippen LogP contribution < -0.4 is 0 Å². The minimum absolute atomic E-state index is 0.257. The Morgan fingerprint density at radius 3 is 2.56 bits per heavy atom. The van der Waals surface area contributed by atoms with E-state index in [1.165, 1.54) is 12.1 Å². The molecule has 0 N–H and O–H groups in total. The first-order valence-corrected chi connectivity index (χ1v) is 6.04. The van der Waals surface area contributed by atoms with Crippen molar-refractivity contribution >= 4 is 21.7 Å². The van der Waals surface area contributed by atoms with E-state index in [1.54, 1.807) is 12.1 Å². The van der Waals surface area contributed by atoms with Crippen molar-refractivity contribution in [2.75, 3.05) is 0 Å². The number of benzene rings is 2. The SMILES string of the molecule is Cc1cc(Br)cc(C(=O)c2cccc(F)c2F)c1. The van der Waals surface area contributed by atoms with Gasteiger partial charge in [0.25, 0.3) is 0 Å². The summed E-state index contributed by atoms with van der Waals surface area (Å²) >= 11 is 3.27. The van der Waals surface area contributed by atoms with Crippen LogP contribution in [-0.2, 0) is 0 Å². The third-order valence-electron chi connectivity index (χ3n) is 2.50. The fraction of sp³-hybridized carbons (Fsp3) is 0.0714. The highest BCUT2D eigenvalue weighted by Crippen LogP contribution is 2.20. The van der Waals surface area contributed by atoms with Gasteiger partial charge in [0.1, 0.15) is 0 Å². The maximum atomic E-state index is 13.5. The molecule has 0 aliphatic carbocycles. The van der Waals surface area contributed by atoms with E-state index in [-0.39, 0.29) is 5.56 Å². The molecule has 0 heterocycles. The zero-order valence-electron chi connectivity index (χ0n) is 9.51. The second-order valence-corrected chi connectivity index (χ2v) is 4.86. The number of halogens is 3. The van der Waals surface area contributed by atoms with Gasteiger partial charge < -0.3 is 0 Å². The van der Waals surface area contributed by atoms with E-state index in [1.807, 2.05) is 13.0 Å². The number of aryl methyl sites for hydroxylation is 1. The first kappa shape index (κ1) is 12.9. The van der Waals surface area contributed by atoms with Gasteiger partial charge in [-0.25, -0.2) is 8.78 Å². The van der Waals surface area contributed by atoms with Crippen molar-refractivity contribution in [3.63, 3.8) is 0 Å². The van der Waals surface area contributed by atoms with Crippen molar-refractivity contribution < 1.29 is 13.6 Å². The lowest BCUT2D eigenvalue weighted by atomic mass is 10.0. The van der Waals surface area contributed by atoms with Crippen LogP contribution in [0.2, 0.25) is 0 Å². The Labute approximate surface area is 112 Å². The molecule has 0 spiro atoms. The molecule has 0 aromatic heterocycles. The summed E-state index contributed by atoms with van der Waals surface area (Å²) in [5, 5.41) is 0. The van der Waals surface area contributed by atoms with E-state index < -0.39 is 17.4 Å². The van der Waals surface area contributed by atoms with Gasteiger partial charge in [-0.3, -0.25) is 4.79 Å². The van der Waals surface area contributed by atoms with Crippen LogP contribution >= 0.6 is 15.9 Å². The van der Waals surface area contributed by atoms with Gasteiger partial charge in [0.15, 0.2) is 17.4 Å². The Bertz CT molecular complexity index is 603. The van der Waals surface area contributed by atoms with Gasteiger partial charge in [0.2, 0.25) is 0 Å². The summed E-state index contributed by atoms with van der Waals surface area (Å²) in [6, 6.07) is 8.63. The van der Waals surface area contributed by atoms with E-state index in [0.29, 0.717) is 5.56 Å². The number of carbonyl (C=O) groups is 1. The molecule has 18 heavy (non-hydrogen) atoms. The number of hydrogen-bond acceptors (Lipinski definition) is 1. The largest absolute Gasteiger partial charge is 0.288 e. The highest BCUT2D eigenvalue weighted by molar-refractivity contribution is 9.10. The lowest BCUT2D eigenvalue weighted by molar-refractivity contribution is 0.103. The third-order valence-corrected chi connectivity index (χ3v) is 2.96. The number of hydrogen-bond donors (Lipinski definition) is 0. The Kier molecular flexibility index (Phi) is 3.57. The maximum absolute atomic E-state index is 13.5. The summed E-state index contributed by atoms with van der Waals surface area (Å²) in [6.45, 7) is 1.82. The van der Waals surface area contributed by atoms with Crippen LogP contribution in [0.15, 0.2) is 40.9 Å². The topological polar surface area (TPSA) is 17.1 Å². The van der Waals surface area contributed by atoms with Crippen LogP contribution in [0.5, 0.6) is 0 Å². The lowest BCUT2D eigenvalue weighted by Crippen LogP contribution is -2.06. The Morgan fingerprint density at radius 2 is 1.89 bits per heavy atom. The second-order valence-electron chi connectivity index (χ2n) is 3.95. The van der Waals surface area contributed by atoms with Gasteiger partial charge in [-0.15, -0.1) is 0 Å². The molecule has 0 amide bonds. The van der Waals surface area contributed by atoms with E-state index in [0.717, 1.165) is 16.1 Å². The van der Waals surface area contributed by atoms with E-state index in [9.17, 15) is 13.6 Å². The molecule has 2 aromatic rings. The van der Waals surface area contributed by atoms with Gasteiger partial charge in [-0.05, 0) is 42.8 Å². The second kappa shape index (κ2) is 4.98. The number of ketones is 1. The van der Waals surface area contributed by atoms with Crippen LogP contribution in [0.25, 0.3) is 0 Å². The molecule has 0 aliphatic rings.